The van der Waals surface area contributed by atoms with E-state index in [1.165, 1.54) is 0 Å². The van der Waals surface area contributed by atoms with Crippen molar-refractivity contribution >= 4 is 27.4 Å². The van der Waals surface area contributed by atoms with E-state index in [0.29, 0.717) is 6.04 Å². The van der Waals surface area contributed by atoms with Gasteiger partial charge >= 0.3 is 0 Å². The molecule has 0 aromatic carbocycles. The number of anilines is 1. The number of hydrogen-bond acceptors (Lipinski definition) is 4. The third-order valence-electron chi connectivity index (χ3n) is 3.49. The molecule has 2 heterocycles. The second-order valence-electron chi connectivity index (χ2n) is 4.93. The van der Waals surface area contributed by atoms with Gasteiger partial charge in [0.25, 0.3) is 0 Å². The Labute approximate surface area is 128 Å². The molecular weight excluding hydrogens is 318 g/mol. The van der Waals surface area contributed by atoms with E-state index in [4.69, 9.17) is 0 Å². The maximum absolute atomic E-state index is 4.57. The number of halogens is 1. The molecular formula is C14H22BrN5. The van der Waals surface area contributed by atoms with E-state index < -0.39 is 0 Å². The van der Waals surface area contributed by atoms with Crippen LogP contribution in [0.3, 0.4) is 0 Å². The Kier molecular flexibility index (Phi) is 5.37. The molecule has 0 aliphatic rings. The number of nitrogens with zero attached hydrogens (tertiary/aromatic N) is 4. The van der Waals surface area contributed by atoms with E-state index in [1.54, 1.807) is 10.7 Å². The summed E-state index contributed by atoms with van der Waals surface area (Å²) in [6, 6.07) is 2.35. The monoisotopic (exact) mass is 339 g/mol. The maximum Gasteiger partial charge on any atom is 0.171 e. The van der Waals surface area contributed by atoms with E-state index in [0.717, 1.165) is 42.0 Å². The summed E-state index contributed by atoms with van der Waals surface area (Å²) >= 11 is 3.46. The summed E-state index contributed by atoms with van der Waals surface area (Å²) in [5.74, 6) is 0.894. The van der Waals surface area contributed by atoms with Gasteiger partial charge in [0.1, 0.15) is 5.82 Å². The average Bonchev–Trinajstić information content (AvgIpc) is 2.81. The zero-order chi connectivity index (χ0) is 14.5. The van der Waals surface area contributed by atoms with E-state index >= 15 is 0 Å². The van der Waals surface area contributed by atoms with Gasteiger partial charge in [0.2, 0.25) is 0 Å². The highest BCUT2D eigenvalue weighted by Crippen LogP contribution is 2.17. The molecule has 0 aliphatic carbocycles. The SMILES string of the molecule is CCN(CC)CCC(C)Nc1ccn2ncc(Br)c2n1. The molecule has 6 heteroatoms. The first-order chi connectivity index (χ1) is 9.63. The van der Waals surface area contributed by atoms with Crippen LogP contribution in [0.4, 0.5) is 5.82 Å². The van der Waals surface area contributed by atoms with Gasteiger partial charge in [-0.1, -0.05) is 13.8 Å². The third kappa shape index (κ3) is 3.70. The highest BCUT2D eigenvalue weighted by atomic mass is 79.9. The van der Waals surface area contributed by atoms with Gasteiger partial charge in [-0.2, -0.15) is 5.10 Å². The molecule has 1 atom stereocenters. The Morgan fingerprint density at radius 2 is 2.15 bits per heavy atom. The fraction of sp³-hybridized carbons (Fsp3) is 0.571. The zero-order valence-corrected chi connectivity index (χ0v) is 13.9. The van der Waals surface area contributed by atoms with Crippen LogP contribution in [0.5, 0.6) is 0 Å². The van der Waals surface area contributed by atoms with Crippen molar-refractivity contribution in [2.24, 2.45) is 0 Å². The number of nitrogens with one attached hydrogen (secondary N) is 1. The van der Waals surface area contributed by atoms with Gasteiger partial charge in [0.15, 0.2) is 5.65 Å². The fourth-order valence-corrected chi connectivity index (χ4v) is 2.52. The van der Waals surface area contributed by atoms with Crippen molar-refractivity contribution in [3.05, 3.63) is 22.9 Å². The molecule has 2 rings (SSSR count). The molecule has 0 spiro atoms. The largest absolute Gasteiger partial charge is 0.367 e. The number of rotatable bonds is 7. The molecule has 0 radical (unpaired) electrons. The lowest BCUT2D eigenvalue weighted by atomic mass is 10.2. The minimum atomic E-state index is 0.396. The van der Waals surface area contributed by atoms with Crippen molar-refractivity contribution in [3.8, 4) is 0 Å². The van der Waals surface area contributed by atoms with Crippen LogP contribution in [0.1, 0.15) is 27.2 Å². The first-order valence-corrected chi connectivity index (χ1v) is 7.92. The van der Waals surface area contributed by atoms with Gasteiger partial charge in [0, 0.05) is 18.8 Å². The Morgan fingerprint density at radius 1 is 1.40 bits per heavy atom. The number of fused-ring (bicyclic) bond motifs is 1. The molecule has 0 amide bonds. The predicted octanol–water partition coefficient (Wildman–Crippen LogP) is 3.02. The minimum absolute atomic E-state index is 0.396. The average molecular weight is 340 g/mol. The van der Waals surface area contributed by atoms with Crippen LogP contribution in [0, 0.1) is 0 Å². The summed E-state index contributed by atoms with van der Waals surface area (Å²) in [5.41, 5.74) is 0.839. The molecule has 0 saturated heterocycles. The van der Waals surface area contributed by atoms with Crippen molar-refractivity contribution in [2.45, 2.75) is 33.2 Å². The van der Waals surface area contributed by atoms with Crippen LogP contribution >= 0.6 is 15.9 Å². The highest BCUT2D eigenvalue weighted by molar-refractivity contribution is 9.10. The normalized spacial score (nSPS) is 13.1. The van der Waals surface area contributed by atoms with Crippen molar-refractivity contribution in [2.75, 3.05) is 25.0 Å². The summed E-state index contributed by atoms with van der Waals surface area (Å²) in [6.45, 7) is 9.93. The van der Waals surface area contributed by atoms with Crippen molar-refractivity contribution in [1.29, 1.82) is 0 Å². The molecule has 1 unspecified atom stereocenters. The summed E-state index contributed by atoms with van der Waals surface area (Å²) in [4.78, 5) is 7.00. The smallest absolute Gasteiger partial charge is 0.171 e. The van der Waals surface area contributed by atoms with E-state index in [1.807, 2.05) is 12.3 Å². The lowest BCUT2D eigenvalue weighted by Crippen LogP contribution is -2.28. The van der Waals surface area contributed by atoms with E-state index in [-0.39, 0.29) is 0 Å². The quantitative estimate of drug-likeness (QED) is 0.842. The highest BCUT2D eigenvalue weighted by Gasteiger charge is 2.08. The van der Waals surface area contributed by atoms with Gasteiger partial charge in [-0.3, -0.25) is 0 Å². The van der Waals surface area contributed by atoms with E-state index in [2.05, 4.69) is 57.0 Å². The molecule has 2 aromatic heterocycles. The molecule has 20 heavy (non-hydrogen) atoms. The van der Waals surface area contributed by atoms with Gasteiger partial charge in [-0.15, -0.1) is 0 Å². The van der Waals surface area contributed by atoms with Crippen LogP contribution in [0.2, 0.25) is 0 Å². The first-order valence-electron chi connectivity index (χ1n) is 7.12. The van der Waals surface area contributed by atoms with Crippen LogP contribution in [0.15, 0.2) is 22.9 Å². The summed E-state index contributed by atoms with van der Waals surface area (Å²) in [6.07, 6.45) is 4.79. The Balaban J connectivity index is 1.95. The second-order valence-corrected chi connectivity index (χ2v) is 5.79. The standard InChI is InChI=1S/C14H22BrN5/c1-4-19(5-2)8-6-11(3)17-13-7-9-20-14(18-13)12(15)10-16-20/h7,9-11H,4-6,8H2,1-3H3,(H,17,18). The van der Waals surface area contributed by atoms with Crippen molar-refractivity contribution in [1.82, 2.24) is 19.5 Å². The topological polar surface area (TPSA) is 45.5 Å². The molecule has 1 N–H and O–H groups in total. The first kappa shape index (κ1) is 15.3. The molecule has 0 bridgehead atoms. The van der Waals surface area contributed by atoms with Crippen LogP contribution in [0.25, 0.3) is 5.65 Å². The fourth-order valence-electron chi connectivity index (χ4n) is 2.16. The molecule has 110 valence electrons. The Bertz CT molecular complexity index is 549. The third-order valence-corrected chi connectivity index (χ3v) is 4.05. The van der Waals surface area contributed by atoms with Gasteiger partial charge in [-0.25, -0.2) is 9.50 Å². The second kappa shape index (κ2) is 7.04. The Morgan fingerprint density at radius 3 is 2.85 bits per heavy atom. The van der Waals surface area contributed by atoms with Gasteiger partial charge in [-0.05, 0) is 48.4 Å². The summed E-state index contributed by atoms with van der Waals surface area (Å²) in [5, 5.41) is 7.65. The molecule has 2 aromatic rings. The Hall–Kier alpha value is -1.14. The van der Waals surface area contributed by atoms with Crippen LogP contribution < -0.4 is 5.32 Å². The summed E-state index contributed by atoms with van der Waals surface area (Å²) in [7, 11) is 0. The predicted molar refractivity (Wildman–Crippen MR) is 86.2 cm³/mol. The van der Waals surface area contributed by atoms with E-state index in [9.17, 15) is 0 Å². The molecule has 0 fully saturated rings. The van der Waals surface area contributed by atoms with Crippen LogP contribution in [-0.2, 0) is 0 Å². The van der Waals surface area contributed by atoms with Crippen molar-refractivity contribution in [3.63, 3.8) is 0 Å². The lowest BCUT2D eigenvalue weighted by molar-refractivity contribution is 0.295. The minimum Gasteiger partial charge on any atom is -0.367 e. The van der Waals surface area contributed by atoms with Gasteiger partial charge in [0.05, 0.1) is 10.7 Å². The zero-order valence-electron chi connectivity index (χ0n) is 12.3. The maximum atomic E-state index is 4.57. The number of hydrogen-bond donors (Lipinski definition) is 1. The summed E-state index contributed by atoms with van der Waals surface area (Å²) < 4.78 is 2.67. The van der Waals surface area contributed by atoms with Crippen LogP contribution in [-0.4, -0.2) is 45.2 Å². The lowest BCUT2D eigenvalue weighted by Gasteiger charge is -2.21. The number of aromatic nitrogens is 3. The van der Waals surface area contributed by atoms with Crippen molar-refractivity contribution < 1.29 is 0 Å². The molecule has 5 nitrogen and oxygen atoms in total. The molecule has 0 saturated carbocycles. The van der Waals surface area contributed by atoms with Gasteiger partial charge < -0.3 is 10.2 Å². The molecule has 0 aliphatic heterocycles.